The molecule has 1 unspecified atom stereocenters. The van der Waals surface area contributed by atoms with Crippen LogP contribution in [0.3, 0.4) is 0 Å². The standard InChI is InChI=1S/C16H17F2N3O3/c17-16(18)23-12-3-2-11(8-13(12)24-16)14-20-6-7-21(14)10-15(22)4-1-5-19-9-15/h2-3,6-8,19,22H,1,4-5,9-10H2. The number of fused-ring (bicyclic) bond motifs is 1. The van der Waals surface area contributed by atoms with Crippen molar-refractivity contribution in [1.29, 1.82) is 0 Å². The van der Waals surface area contributed by atoms with Crippen LogP contribution in [0.2, 0.25) is 0 Å². The van der Waals surface area contributed by atoms with E-state index in [9.17, 15) is 13.9 Å². The molecular weight excluding hydrogens is 320 g/mol. The molecule has 0 saturated carbocycles. The first-order chi connectivity index (χ1) is 11.4. The first kappa shape index (κ1) is 15.3. The number of hydrogen-bond donors (Lipinski definition) is 2. The second-order valence-corrected chi connectivity index (χ2v) is 6.21. The van der Waals surface area contributed by atoms with Crippen molar-refractivity contribution in [2.24, 2.45) is 0 Å². The Morgan fingerprint density at radius 3 is 2.92 bits per heavy atom. The molecule has 1 aromatic carbocycles. The van der Waals surface area contributed by atoms with Crippen molar-refractivity contribution >= 4 is 0 Å². The molecule has 3 heterocycles. The Morgan fingerprint density at radius 2 is 2.12 bits per heavy atom. The van der Waals surface area contributed by atoms with E-state index in [4.69, 9.17) is 0 Å². The highest BCUT2D eigenvalue weighted by molar-refractivity contribution is 5.62. The van der Waals surface area contributed by atoms with Crippen LogP contribution in [-0.4, -0.2) is 39.6 Å². The number of aromatic nitrogens is 2. The number of aliphatic hydroxyl groups is 1. The number of piperidine rings is 1. The fourth-order valence-electron chi connectivity index (χ4n) is 3.19. The number of nitrogens with zero attached hydrogens (tertiary/aromatic N) is 2. The van der Waals surface area contributed by atoms with Crippen LogP contribution in [0.15, 0.2) is 30.6 Å². The van der Waals surface area contributed by atoms with Gasteiger partial charge in [-0.05, 0) is 37.6 Å². The van der Waals surface area contributed by atoms with Gasteiger partial charge < -0.3 is 24.5 Å². The second-order valence-electron chi connectivity index (χ2n) is 6.21. The Kier molecular flexibility index (Phi) is 3.47. The molecule has 1 aromatic heterocycles. The number of hydrogen-bond acceptors (Lipinski definition) is 5. The second kappa shape index (κ2) is 5.42. The van der Waals surface area contributed by atoms with Crippen molar-refractivity contribution in [2.75, 3.05) is 13.1 Å². The molecule has 0 amide bonds. The van der Waals surface area contributed by atoms with Gasteiger partial charge >= 0.3 is 6.29 Å². The highest BCUT2D eigenvalue weighted by Gasteiger charge is 2.43. The summed E-state index contributed by atoms with van der Waals surface area (Å²) in [6, 6.07) is 4.55. The lowest BCUT2D eigenvalue weighted by atomic mass is 9.94. The Morgan fingerprint density at radius 1 is 1.29 bits per heavy atom. The van der Waals surface area contributed by atoms with Gasteiger partial charge in [0.2, 0.25) is 0 Å². The highest BCUT2D eigenvalue weighted by Crippen LogP contribution is 2.42. The molecule has 128 valence electrons. The summed E-state index contributed by atoms with van der Waals surface area (Å²) in [7, 11) is 0. The van der Waals surface area contributed by atoms with Crippen LogP contribution in [0.1, 0.15) is 12.8 Å². The Bertz CT molecular complexity index is 757. The van der Waals surface area contributed by atoms with Crippen LogP contribution in [0.25, 0.3) is 11.4 Å². The van der Waals surface area contributed by atoms with Crippen LogP contribution >= 0.6 is 0 Å². The summed E-state index contributed by atoms with van der Waals surface area (Å²) in [5.74, 6) is 0.553. The van der Waals surface area contributed by atoms with E-state index in [0.29, 0.717) is 30.9 Å². The van der Waals surface area contributed by atoms with E-state index in [0.717, 1.165) is 13.0 Å². The monoisotopic (exact) mass is 337 g/mol. The van der Waals surface area contributed by atoms with E-state index >= 15 is 0 Å². The van der Waals surface area contributed by atoms with Crippen molar-refractivity contribution in [2.45, 2.75) is 31.3 Å². The van der Waals surface area contributed by atoms with Crippen LogP contribution in [0, 0.1) is 0 Å². The molecular formula is C16H17F2N3O3. The summed E-state index contributed by atoms with van der Waals surface area (Å²) >= 11 is 0. The highest BCUT2D eigenvalue weighted by atomic mass is 19.3. The van der Waals surface area contributed by atoms with Gasteiger partial charge in [-0.1, -0.05) is 0 Å². The van der Waals surface area contributed by atoms with E-state index < -0.39 is 11.9 Å². The SMILES string of the molecule is OC1(Cn2ccnc2-c2ccc3c(c2)OC(F)(F)O3)CCCNC1. The van der Waals surface area contributed by atoms with Crippen molar-refractivity contribution in [3.05, 3.63) is 30.6 Å². The largest absolute Gasteiger partial charge is 0.586 e. The molecule has 0 spiro atoms. The van der Waals surface area contributed by atoms with E-state index in [2.05, 4.69) is 19.8 Å². The molecule has 2 aromatic rings. The average molecular weight is 337 g/mol. The number of alkyl halides is 2. The van der Waals surface area contributed by atoms with Crippen LogP contribution in [0.5, 0.6) is 11.5 Å². The molecule has 1 saturated heterocycles. The third kappa shape index (κ3) is 2.83. The molecule has 0 radical (unpaired) electrons. The van der Waals surface area contributed by atoms with E-state index in [-0.39, 0.29) is 11.5 Å². The zero-order valence-corrected chi connectivity index (χ0v) is 12.8. The molecule has 0 bridgehead atoms. The summed E-state index contributed by atoms with van der Waals surface area (Å²) in [5, 5.41) is 13.9. The Labute approximate surface area is 137 Å². The van der Waals surface area contributed by atoms with E-state index in [1.165, 1.54) is 12.1 Å². The average Bonchev–Trinajstić information content (AvgIpc) is 3.08. The first-order valence-electron chi connectivity index (χ1n) is 7.79. The van der Waals surface area contributed by atoms with Gasteiger partial charge in [-0.15, -0.1) is 8.78 Å². The normalized spacial score (nSPS) is 25.0. The Hall–Kier alpha value is -2.19. The third-order valence-corrected chi connectivity index (χ3v) is 4.29. The minimum absolute atomic E-state index is 0.00281. The van der Waals surface area contributed by atoms with Crippen molar-refractivity contribution in [1.82, 2.24) is 14.9 Å². The molecule has 1 fully saturated rings. The van der Waals surface area contributed by atoms with Crippen molar-refractivity contribution in [3.63, 3.8) is 0 Å². The predicted octanol–water partition coefficient (Wildman–Crippen LogP) is 1.99. The van der Waals surface area contributed by atoms with E-state index in [1.807, 2.05) is 4.57 Å². The molecule has 24 heavy (non-hydrogen) atoms. The molecule has 0 aliphatic carbocycles. The lowest BCUT2D eigenvalue weighted by Gasteiger charge is -2.33. The smallest absolute Gasteiger partial charge is 0.395 e. The van der Waals surface area contributed by atoms with Gasteiger partial charge in [-0.3, -0.25) is 0 Å². The quantitative estimate of drug-likeness (QED) is 0.896. The molecule has 2 aliphatic heterocycles. The summed E-state index contributed by atoms with van der Waals surface area (Å²) < 4.78 is 37.0. The number of rotatable bonds is 3. The van der Waals surface area contributed by atoms with Gasteiger partial charge in [0.25, 0.3) is 0 Å². The maximum absolute atomic E-state index is 13.1. The summed E-state index contributed by atoms with van der Waals surface area (Å²) in [5.41, 5.74) is -0.232. The maximum atomic E-state index is 13.1. The minimum Gasteiger partial charge on any atom is -0.395 e. The zero-order valence-electron chi connectivity index (χ0n) is 12.8. The number of benzene rings is 1. The number of nitrogens with one attached hydrogen (secondary N) is 1. The summed E-state index contributed by atoms with van der Waals surface area (Å²) in [6.45, 7) is 1.79. The molecule has 4 rings (SSSR count). The number of ether oxygens (including phenoxy) is 2. The third-order valence-electron chi connectivity index (χ3n) is 4.29. The maximum Gasteiger partial charge on any atom is 0.586 e. The summed E-state index contributed by atoms with van der Waals surface area (Å²) in [4.78, 5) is 4.29. The Balaban J connectivity index is 1.61. The lowest BCUT2D eigenvalue weighted by molar-refractivity contribution is -0.286. The number of β-amino-alcohol motifs (C(OH)–C–C–N with tert-alkyl or cyclic N) is 1. The zero-order chi connectivity index (χ0) is 16.8. The fourth-order valence-corrected chi connectivity index (χ4v) is 3.19. The van der Waals surface area contributed by atoms with Crippen LogP contribution in [-0.2, 0) is 6.54 Å². The first-order valence-corrected chi connectivity index (χ1v) is 7.79. The van der Waals surface area contributed by atoms with Gasteiger partial charge in [0, 0.05) is 24.5 Å². The molecule has 1 atom stereocenters. The van der Waals surface area contributed by atoms with Gasteiger partial charge in [-0.25, -0.2) is 4.98 Å². The molecule has 6 nitrogen and oxygen atoms in total. The van der Waals surface area contributed by atoms with Gasteiger partial charge in [0.15, 0.2) is 11.5 Å². The van der Waals surface area contributed by atoms with Gasteiger partial charge in [0.1, 0.15) is 5.82 Å². The minimum atomic E-state index is -3.64. The number of halogens is 2. The lowest BCUT2D eigenvalue weighted by Crippen LogP contribution is -2.48. The van der Waals surface area contributed by atoms with E-state index in [1.54, 1.807) is 18.5 Å². The fraction of sp³-hybridized carbons (Fsp3) is 0.438. The predicted molar refractivity (Wildman–Crippen MR) is 80.9 cm³/mol. The van der Waals surface area contributed by atoms with Gasteiger partial charge in [0.05, 0.1) is 12.1 Å². The van der Waals surface area contributed by atoms with Crippen LogP contribution < -0.4 is 14.8 Å². The topological polar surface area (TPSA) is 68.5 Å². The van der Waals surface area contributed by atoms with Gasteiger partial charge in [-0.2, -0.15) is 0 Å². The van der Waals surface area contributed by atoms with Crippen molar-refractivity contribution < 1.29 is 23.4 Å². The van der Waals surface area contributed by atoms with Crippen LogP contribution in [0.4, 0.5) is 8.78 Å². The summed E-state index contributed by atoms with van der Waals surface area (Å²) in [6.07, 6.45) is 1.35. The van der Waals surface area contributed by atoms with Crippen molar-refractivity contribution in [3.8, 4) is 22.9 Å². The molecule has 2 N–H and O–H groups in total. The number of imidazole rings is 1. The molecule has 2 aliphatic rings. The molecule has 8 heteroatoms.